The predicted molar refractivity (Wildman–Crippen MR) is 219 cm³/mol. The minimum atomic E-state index is -0.314. The number of amides is 3. The number of hydrogen-bond donors (Lipinski definition) is 2. The Bertz CT molecular complexity index is 2370. The molecule has 1 unspecified atom stereocenters. The van der Waals surface area contributed by atoms with Gasteiger partial charge in [0.1, 0.15) is 24.0 Å². The quantitative estimate of drug-likeness (QED) is 0.189. The van der Waals surface area contributed by atoms with E-state index in [0.29, 0.717) is 47.9 Å². The third-order valence-electron chi connectivity index (χ3n) is 12.5. The van der Waals surface area contributed by atoms with Crippen molar-refractivity contribution in [3.8, 4) is 11.1 Å². The van der Waals surface area contributed by atoms with Crippen molar-refractivity contribution in [2.75, 3.05) is 49.5 Å². The molecule has 4 aliphatic rings. The van der Waals surface area contributed by atoms with Gasteiger partial charge in [0, 0.05) is 111 Å². The average Bonchev–Trinajstić information content (AvgIpc) is 3.51. The van der Waals surface area contributed by atoms with Crippen LogP contribution in [0, 0.1) is 25.6 Å². The number of nitrogens with one attached hydrogen (secondary N) is 2. The zero-order chi connectivity index (χ0) is 39.9. The van der Waals surface area contributed by atoms with E-state index in [2.05, 4.69) is 40.3 Å². The highest BCUT2D eigenvalue weighted by atomic mass is 19.1. The van der Waals surface area contributed by atoms with E-state index >= 15 is 4.39 Å². The molecule has 1 atom stereocenters. The summed E-state index contributed by atoms with van der Waals surface area (Å²) in [6.45, 7) is 9.73. The Labute approximate surface area is 337 Å². The average molecular weight is 785 g/mol. The maximum atomic E-state index is 15.2. The smallest absolute Gasteiger partial charge is 0.244 e. The van der Waals surface area contributed by atoms with Gasteiger partial charge in [-0.05, 0) is 98.7 Å². The lowest BCUT2D eigenvalue weighted by atomic mass is 9.91. The number of imide groups is 1. The minimum Gasteiger partial charge on any atom is -0.357 e. The molecule has 8 heterocycles. The van der Waals surface area contributed by atoms with Crippen LogP contribution in [-0.4, -0.2) is 97.6 Å². The molecule has 0 spiro atoms. The Morgan fingerprint density at radius 2 is 1.62 bits per heavy atom. The SMILES string of the molecule is Cc1cc(C)c(-c2cc3cc(Nc4cc5n(n4)CC(=O)N(C4CCN(CC6CCN(c7ccc(C8CCC(=O)NC8=O)cn7)CC6)CC4)CC5)ncc3cc2F)cn1. The highest BCUT2D eigenvalue weighted by Gasteiger charge is 2.33. The van der Waals surface area contributed by atoms with Crippen LogP contribution >= 0.6 is 0 Å². The van der Waals surface area contributed by atoms with E-state index in [9.17, 15) is 14.4 Å². The number of aryl methyl sites for hydroxylation is 2. The van der Waals surface area contributed by atoms with Crippen LogP contribution in [0.2, 0.25) is 0 Å². The summed E-state index contributed by atoms with van der Waals surface area (Å²) in [6.07, 6.45) is 11.0. The molecule has 0 radical (unpaired) electrons. The van der Waals surface area contributed by atoms with Gasteiger partial charge in [-0.25, -0.2) is 14.4 Å². The monoisotopic (exact) mass is 784 g/mol. The summed E-state index contributed by atoms with van der Waals surface area (Å²) < 4.78 is 17.0. The molecular formula is C44H49FN10O3. The summed E-state index contributed by atoms with van der Waals surface area (Å²) in [6, 6.07) is 13.4. The maximum Gasteiger partial charge on any atom is 0.244 e. The molecule has 0 saturated carbocycles. The van der Waals surface area contributed by atoms with E-state index in [1.54, 1.807) is 18.6 Å². The highest BCUT2D eigenvalue weighted by molar-refractivity contribution is 6.01. The normalized spacial score (nSPS) is 20.0. The second-order valence-electron chi connectivity index (χ2n) is 16.4. The van der Waals surface area contributed by atoms with Crippen LogP contribution in [0.1, 0.15) is 67.0 Å². The van der Waals surface area contributed by atoms with Crippen molar-refractivity contribution >= 4 is 45.9 Å². The van der Waals surface area contributed by atoms with Crippen molar-refractivity contribution in [1.29, 1.82) is 0 Å². The van der Waals surface area contributed by atoms with Crippen molar-refractivity contribution in [2.45, 2.75) is 77.3 Å². The Hall–Kier alpha value is -5.76. The standard InChI is InChI=1S/C44H49FN10O3/c1-27-17-28(2)46-24-37(27)36-18-31-20-39(47-23-32(31)19-38(36)45)49-40-21-34-11-16-54(43(57)26-55(34)51-40)33-9-12-52(13-10-33)25-29-7-14-53(15-8-29)41-5-3-30(22-48-41)35-4-6-42(56)50-44(35)58/h3,5,17-24,29,33,35H,4,6-16,25-26H2,1-2H3,(H,47,49,51)(H,50,56,58). The molecule has 0 aliphatic carbocycles. The molecule has 300 valence electrons. The van der Waals surface area contributed by atoms with E-state index in [0.717, 1.165) is 104 Å². The van der Waals surface area contributed by atoms with Gasteiger partial charge < -0.3 is 20.0 Å². The molecule has 3 fully saturated rings. The van der Waals surface area contributed by atoms with E-state index in [-0.39, 0.29) is 42.0 Å². The summed E-state index contributed by atoms with van der Waals surface area (Å²) in [4.78, 5) is 58.0. The van der Waals surface area contributed by atoms with Crippen LogP contribution in [0.5, 0.6) is 0 Å². The number of benzene rings is 1. The molecule has 14 heteroatoms. The Morgan fingerprint density at radius 3 is 2.38 bits per heavy atom. The van der Waals surface area contributed by atoms with Crippen LogP contribution in [0.4, 0.5) is 21.8 Å². The van der Waals surface area contributed by atoms with Gasteiger partial charge >= 0.3 is 0 Å². The number of piperidine rings is 3. The first-order valence-electron chi connectivity index (χ1n) is 20.6. The number of aromatic nitrogens is 5. The van der Waals surface area contributed by atoms with Crippen molar-refractivity contribution < 1.29 is 18.8 Å². The van der Waals surface area contributed by atoms with Crippen molar-refractivity contribution in [2.24, 2.45) is 5.92 Å². The van der Waals surface area contributed by atoms with Gasteiger partial charge in [-0.2, -0.15) is 5.10 Å². The summed E-state index contributed by atoms with van der Waals surface area (Å²) in [5.41, 5.74) is 4.99. The molecule has 13 nitrogen and oxygen atoms in total. The molecule has 58 heavy (non-hydrogen) atoms. The van der Waals surface area contributed by atoms with E-state index in [1.807, 2.05) is 54.9 Å². The molecule has 1 aromatic carbocycles. The topological polar surface area (TPSA) is 141 Å². The number of anilines is 3. The number of halogens is 1. The van der Waals surface area contributed by atoms with E-state index in [1.165, 1.54) is 6.07 Å². The molecule has 5 aromatic rings. The van der Waals surface area contributed by atoms with Crippen molar-refractivity contribution in [3.63, 3.8) is 0 Å². The zero-order valence-corrected chi connectivity index (χ0v) is 33.1. The third-order valence-corrected chi connectivity index (χ3v) is 12.5. The van der Waals surface area contributed by atoms with Crippen LogP contribution < -0.4 is 15.5 Å². The number of carbonyl (C=O) groups excluding carboxylic acids is 3. The Kier molecular flexibility index (Phi) is 10.3. The number of likely N-dealkylation sites (tertiary alicyclic amines) is 1. The van der Waals surface area contributed by atoms with Gasteiger partial charge in [-0.15, -0.1) is 0 Å². The third kappa shape index (κ3) is 7.89. The Balaban J connectivity index is 0.750. The summed E-state index contributed by atoms with van der Waals surface area (Å²) in [5, 5.41) is 12.1. The number of pyridine rings is 3. The molecule has 3 amide bonds. The number of nitrogens with zero attached hydrogens (tertiary/aromatic N) is 8. The first-order chi connectivity index (χ1) is 28.1. The second kappa shape index (κ2) is 15.9. The Morgan fingerprint density at radius 1 is 0.793 bits per heavy atom. The first kappa shape index (κ1) is 37.8. The maximum absolute atomic E-state index is 15.2. The van der Waals surface area contributed by atoms with Crippen molar-refractivity contribution in [1.82, 2.24) is 39.8 Å². The predicted octanol–water partition coefficient (Wildman–Crippen LogP) is 5.67. The van der Waals surface area contributed by atoms with Crippen LogP contribution in [0.25, 0.3) is 21.9 Å². The van der Waals surface area contributed by atoms with Gasteiger partial charge in [-0.3, -0.25) is 29.4 Å². The lowest BCUT2D eigenvalue weighted by molar-refractivity contribution is -0.135. The summed E-state index contributed by atoms with van der Waals surface area (Å²) in [5.74, 6) is 1.83. The fraction of sp³-hybridized carbons (Fsp3) is 0.432. The van der Waals surface area contributed by atoms with Crippen molar-refractivity contribution in [3.05, 3.63) is 89.4 Å². The van der Waals surface area contributed by atoms with Gasteiger partial charge in [0.2, 0.25) is 17.7 Å². The number of hydrogen-bond acceptors (Lipinski definition) is 10. The highest BCUT2D eigenvalue weighted by Crippen LogP contribution is 2.32. The fourth-order valence-electron chi connectivity index (χ4n) is 9.30. The minimum absolute atomic E-state index is 0.109. The number of carbonyl (C=O) groups is 3. The number of rotatable bonds is 8. The van der Waals surface area contributed by atoms with Gasteiger partial charge in [-0.1, -0.05) is 6.07 Å². The molecule has 4 aliphatic heterocycles. The van der Waals surface area contributed by atoms with Crippen LogP contribution in [-0.2, 0) is 27.3 Å². The van der Waals surface area contributed by atoms with Gasteiger partial charge in [0.25, 0.3) is 0 Å². The van der Waals surface area contributed by atoms with Crippen LogP contribution in [0.3, 0.4) is 0 Å². The lowest BCUT2D eigenvalue weighted by Gasteiger charge is -2.40. The fourth-order valence-corrected chi connectivity index (χ4v) is 9.30. The summed E-state index contributed by atoms with van der Waals surface area (Å²) >= 11 is 0. The van der Waals surface area contributed by atoms with Gasteiger partial charge in [0.05, 0.1) is 5.92 Å². The largest absolute Gasteiger partial charge is 0.357 e. The second-order valence-corrected chi connectivity index (χ2v) is 16.4. The van der Waals surface area contributed by atoms with E-state index in [4.69, 9.17) is 5.10 Å². The molecule has 9 rings (SSSR count). The molecule has 4 aromatic heterocycles. The molecule has 0 bridgehead atoms. The molecule has 2 N–H and O–H groups in total. The van der Waals surface area contributed by atoms with E-state index < -0.39 is 0 Å². The molecule has 3 saturated heterocycles. The zero-order valence-electron chi connectivity index (χ0n) is 33.1. The molecular weight excluding hydrogens is 736 g/mol. The first-order valence-corrected chi connectivity index (χ1v) is 20.6. The number of fused-ring (bicyclic) bond motifs is 2. The lowest BCUT2D eigenvalue weighted by Crippen LogP contribution is -2.49. The van der Waals surface area contributed by atoms with Gasteiger partial charge in [0.15, 0.2) is 5.82 Å². The summed E-state index contributed by atoms with van der Waals surface area (Å²) in [7, 11) is 0. The van der Waals surface area contributed by atoms with Crippen LogP contribution in [0.15, 0.2) is 61.1 Å².